The maximum atomic E-state index is 11.3. The van der Waals surface area contributed by atoms with E-state index in [9.17, 15) is 4.79 Å². The Hall–Kier alpha value is -2.09. The minimum atomic E-state index is -0.359. The van der Waals surface area contributed by atoms with Gasteiger partial charge in [0.2, 0.25) is 0 Å². The van der Waals surface area contributed by atoms with E-state index in [1.807, 2.05) is 24.3 Å². The van der Waals surface area contributed by atoms with Crippen LogP contribution in [-0.4, -0.2) is 39.3 Å². The molecule has 1 fully saturated rings. The number of aromatic amines is 2. The first-order valence-electron chi connectivity index (χ1n) is 7.42. The number of hydrogen-bond acceptors (Lipinski definition) is 5. The van der Waals surface area contributed by atoms with Crippen molar-refractivity contribution in [1.82, 2.24) is 25.5 Å². The second kappa shape index (κ2) is 6.80. The van der Waals surface area contributed by atoms with Gasteiger partial charge in [-0.1, -0.05) is 23.7 Å². The molecule has 1 aromatic carbocycles. The summed E-state index contributed by atoms with van der Waals surface area (Å²) in [5.41, 5.74) is 0.231. The maximum absolute atomic E-state index is 11.3. The fourth-order valence-electron chi connectivity index (χ4n) is 2.86. The summed E-state index contributed by atoms with van der Waals surface area (Å²) in [7, 11) is 0. The van der Waals surface area contributed by atoms with E-state index in [4.69, 9.17) is 11.6 Å². The number of pyridine rings is 1. The summed E-state index contributed by atoms with van der Waals surface area (Å²) < 4.78 is 0. The molecular formula is C15H16Cl2N6O. The van der Waals surface area contributed by atoms with E-state index in [1.165, 1.54) is 0 Å². The van der Waals surface area contributed by atoms with Crippen LogP contribution in [0.4, 0.5) is 5.82 Å². The highest BCUT2D eigenvalue weighted by atomic mass is 35.5. The molecule has 3 aromatic rings. The van der Waals surface area contributed by atoms with Crippen molar-refractivity contribution >= 4 is 40.6 Å². The molecule has 1 aliphatic rings. The summed E-state index contributed by atoms with van der Waals surface area (Å²) >= 11 is 6.37. The molecule has 0 saturated carbocycles. The molecule has 7 nitrogen and oxygen atoms in total. The van der Waals surface area contributed by atoms with E-state index in [-0.39, 0.29) is 18.1 Å². The van der Waals surface area contributed by atoms with E-state index in [2.05, 4.69) is 30.8 Å². The van der Waals surface area contributed by atoms with Crippen LogP contribution in [0.2, 0.25) is 5.02 Å². The zero-order chi connectivity index (χ0) is 15.8. The van der Waals surface area contributed by atoms with Crippen molar-refractivity contribution in [3.05, 3.63) is 39.8 Å². The Morgan fingerprint density at radius 1 is 1.33 bits per heavy atom. The van der Waals surface area contributed by atoms with E-state index < -0.39 is 0 Å². The number of nitrogens with zero attached hydrogens (tertiary/aromatic N) is 2. The Bertz CT molecular complexity index is 916. The molecule has 1 atom stereocenters. The molecule has 1 aliphatic heterocycles. The summed E-state index contributed by atoms with van der Waals surface area (Å²) in [5.74, 6) is 1.12. The second-order valence-electron chi connectivity index (χ2n) is 5.55. The fraction of sp³-hybridized carbons (Fsp3) is 0.267. The summed E-state index contributed by atoms with van der Waals surface area (Å²) in [5, 5.41) is 15.6. The fourth-order valence-corrected chi connectivity index (χ4v) is 3.13. The average Bonchev–Trinajstić information content (AvgIpc) is 3.19. The van der Waals surface area contributed by atoms with Crippen molar-refractivity contribution in [3.8, 4) is 11.5 Å². The minimum Gasteiger partial charge on any atom is -0.365 e. The summed E-state index contributed by atoms with van der Waals surface area (Å²) in [4.78, 5) is 18.6. The number of fused-ring (bicyclic) bond motifs is 1. The van der Waals surface area contributed by atoms with Gasteiger partial charge in [0, 0.05) is 18.0 Å². The van der Waals surface area contributed by atoms with Gasteiger partial charge in [-0.25, -0.2) is 14.9 Å². The van der Waals surface area contributed by atoms with Gasteiger partial charge in [-0.15, -0.1) is 12.4 Å². The van der Waals surface area contributed by atoms with Gasteiger partial charge < -0.3 is 10.6 Å². The molecule has 24 heavy (non-hydrogen) atoms. The Morgan fingerprint density at radius 3 is 2.92 bits per heavy atom. The third kappa shape index (κ3) is 3.10. The molecule has 0 radical (unpaired) electrons. The first-order valence-corrected chi connectivity index (χ1v) is 7.80. The number of nitrogens with one attached hydrogen (secondary N) is 4. The molecule has 0 spiro atoms. The zero-order valence-electron chi connectivity index (χ0n) is 12.6. The van der Waals surface area contributed by atoms with Crippen LogP contribution >= 0.6 is 24.0 Å². The van der Waals surface area contributed by atoms with Gasteiger partial charge in [-0.3, -0.25) is 4.98 Å². The van der Waals surface area contributed by atoms with Crippen molar-refractivity contribution in [2.24, 2.45) is 0 Å². The van der Waals surface area contributed by atoms with Crippen LogP contribution in [0.5, 0.6) is 0 Å². The van der Waals surface area contributed by atoms with E-state index in [0.29, 0.717) is 28.4 Å². The normalized spacial score (nSPS) is 17.0. The monoisotopic (exact) mass is 366 g/mol. The van der Waals surface area contributed by atoms with Crippen LogP contribution in [0.15, 0.2) is 29.1 Å². The third-order valence-corrected chi connectivity index (χ3v) is 4.27. The van der Waals surface area contributed by atoms with E-state index in [1.54, 1.807) is 0 Å². The van der Waals surface area contributed by atoms with Crippen LogP contribution in [0, 0.1) is 0 Å². The molecule has 1 unspecified atom stereocenters. The first kappa shape index (κ1) is 16.8. The predicted octanol–water partition coefficient (Wildman–Crippen LogP) is 2.16. The summed E-state index contributed by atoms with van der Waals surface area (Å²) in [6.45, 7) is 1.87. The number of hydrogen-bond donors (Lipinski definition) is 4. The molecule has 0 amide bonds. The van der Waals surface area contributed by atoms with Crippen molar-refractivity contribution in [3.63, 3.8) is 0 Å². The molecule has 4 N–H and O–H groups in total. The SMILES string of the molecule is Cl.O=c1[nH]nc(-c2cc3cccc(Cl)c3c(NC3CCNC3)n2)[nH]1. The molecule has 4 rings (SSSR count). The first-order chi connectivity index (χ1) is 11.2. The lowest BCUT2D eigenvalue weighted by atomic mass is 10.1. The minimum absolute atomic E-state index is 0. The smallest absolute Gasteiger partial charge is 0.340 e. The molecule has 3 heterocycles. The van der Waals surface area contributed by atoms with Crippen molar-refractivity contribution in [1.29, 1.82) is 0 Å². The lowest BCUT2D eigenvalue weighted by molar-refractivity contribution is 0.789. The van der Waals surface area contributed by atoms with Gasteiger partial charge in [0.25, 0.3) is 0 Å². The average molecular weight is 367 g/mol. The van der Waals surface area contributed by atoms with Crippen molar-refractivity contribution in [2.75, 3.05) is 18.4 Å². The number of rotatable bonds is 3. The quantitative estimate of drug-likeness (QED) is 0.569. The molecule has 0 bridgehead atoms. The van der Waals surface area contributed by atoms with Crippen molar-refractivity contribution < 1.29 is 0 Å². The Morgan fingerprint density at radius 2 is 2.21 bits per heavy atom. The molecule has 0 aliphatic carbocycles. The number of aromatic nitrogens is 4. The topological polar surface area (TPSA) is 98.5 Å². The van der Waals surface area contributed by atoms with Gasteiger partial charge in [0.1, 0.15) is 11.5 Å². The van der Waals surface area contributed by atoms with Gasteiger partial charge in [0.15, 0.2) is 5.82 Å². The standard InChI is InChI=1S/C15H15ClN6O.ClH/c16-10-3-1-2-8-6-11(13-20-15(23)22-21-13)19-14(12(8)10)18-9-4-5-17-7-9;/h1-3,6,9,17H,4-5,7H2,(H,18,19)(H2,20,21,22,23);1H. The predicted molar refractivity (Wildman–Crippen MR) is 97.1 cm³/mol. The number of halogens is 2. The summed E-state index contributed by atoms with van der Waals surface area (Å²) in [6, 6.07) is 7.87. The Labute approximate surface area is 148 Å². The zero-order valence-corrected chi connectivity index (χ0v) is 14.2. The highest BCUT2D eigenvalue weighted by Gasteiger charge is 2.18. The second-order valence-corrected chi connectivity index (χ2v) is 5.96. The number of benzene rings is 1. The van der Waals surface area contributed by atoms with Gasteiger partial charge in [0.05, 0.1) is 5.02 Å². The summed E-state index contributed by atoms with van der Waals surface area (Å²) in [6.07, 6.45) is 1.02. The van der Waals surface area contributed by atoms with Crippen molar-refractivity contribution in [2.45, 2.75) is 12.5 Å². The highest BCUT2D eigenvalue weighted by Crippen LogP contribution is 2.32. The van der Waals surface area contributed by atoms with E-state index in [0.717, 1.165) is 30.3 Å². The van der Waals surface area contributed by atoms with Crippen LogP contribution < -0.4 is 16.3 Å². The Balaban J connectivity index is 0.00000169. The number of anilines is 1. The molecule has 2 aromatic heterocycles. The molecule has 1 saturated heterocycles. The lowest BCUT2D eigenvalue weighted by Gasteiger charge is -2.16. The number of H-pyrrole nitrogens is 2. The maximum Gasteiger partial charge on any atom is 0.340 e. The lowest BCUT2D eigenvalue weighted by Crippen LogP contribution is -2.23. The van der Waals surface area contributed by atoms with Gasteiger partial charge in [-0.2, -0.15) is 5.10 Å². The van der Waals surface area contributed by atoms with Crippen LogP contribution in [0.1, 0.15) is 6.42 Å². The third-order valence-electron chi connectivity index (χ3n) is 3.95. The van der Waals surface area contributed by atoms with Crippen LogP contribution in [-0.2, 0) is 0 Å². The molecular weight excluding hydrogens is 351 g/mol. The van der Waals surface area contributed by atoms with Gasteiger partial charge >= 0.3 is 5.69 Å². The van der Waals surface area contributed by atoms with Crippen LogP contribution in [0.25, 0.3) is 22.3 Å². The van der Waals surface area contributed by atoms with Gasteiger partial charge in [-0.05, 0) is 30.5 Å². The molecule has 126 valence electrons. The largest absolute Gasteiger partial charge is 0.365 e. The van der Waals surface area contributed by atoms with Crippen LogP contribution in [0.3, 0.4) is 0 Å². The highest BCUT2D eigenvalue weighted by molar-refractivity contribution is 6.36. The Kier molecular flexibility index (Phi) is 4.75. The van der Waals surface area contributed by atoms with E-state index >= 15 is 0 Å². The molecule has 9 heteroatoms.